The molecule has 0 atom stereocenters. The van der Waals surface area contributed by atoms with Crippen LogP contribution in [0.15, 0.2) is 54.6 Å². The number of para-hydroxylation sites is 2. The van der Waals surface area contributed by atoms with Gasteiger partial charge in [-0.1, -0.05) is 30.3 Å². The van der Waals surface area contributed by atoms with Crippen molar-refractivity contribution in [1.29, 1.82) is 0 Å². The maximum Gasteiger partial charge on any atom is 0.419 e. The Morgan fingerprint density at radius 3 is 2.19 bits per heavy atom. The summed E-state index contributed by atoms with van der Waals surface area (Å²) >= 11 is 0. The summed E-state index contributed by atoms with van der Waals surface area (Å²) < 4.78 is 44.0. The number of benzene rings is 2. The van der Waals surface area contributed by atoms with E-state index in [-0.39, 0.29) is 11.7 Å². The molecule has 1 aliphatic heterocycles. The Kier molecular flexibility index (Phi) is 5.35. The van der Waals surface area contributed by atoms with Crippen molar-refractivity contribution in [2.45, 2.75) is 6.18 Å². The van der Waals surface area contributed by atoms with Gasteiger partial charge in [0.1, 0.15) is 5.75 Å². The zero-order valence-electron chi connectivity index (χ0n) is 14.1. The van der Waals surface area contributed by atoms with E-state index >= 15 is 0 Å². The molecule has 7 heteroatoms. The third-order valence-corrected chi connectivity index (χ3v) is 4.30. The van der Waals surface area contributed by atoms with Gasteiger partial charge in [0.2, 0.25) is 0 Å². The van der Waals surface area contributed by atoms with Gasteiger partial charge >= 0.3 is 6.18 Å². The van der Waals surface area contributed by atoms with E-state index in [1.54, 1.807) is 4.90 Å². The van der Waals surface area contributed by atoms with Crippen LogP contribution in [0.5, 0.6) is 5.75 Å². The highest BCUT2D eigenvalue weighted by Gasteiger charge is 2.34. The predicted octanol–water partition coefficient (Wildman–Crippen LogP) is 3.43. The highest BCUT2D eigenvalue weighted by molar-refractivity contribution is 5.78. The van der Waals surface area contributed by atoms with Crippen molar-refractivity contribution in [3.05, 3.63) is 60.2 Å². The van der Waals surface area contributed by atoms with Crippen LogP contribution in [0, 0.1) is 0 Å². The van der Waals surface area contributed by atoms with Crippen molar-refractivity contribution < 1.29 is 22.7 Å². The maximum absolute atomic E-state index is 13.0. The average Bonchev–Trinajstić information content (AvgIpc) is 2.66. The van der Waals surface area contributed by atoms with Crippen LogP contribution in [0.1, 0.15) is 5.56 Å². The first-order chi connectivity index (χ1) is 12.4. The maximum atomic E-state index is 13.0. The number of alkyl halides is 3. The first-order valence-electron chi connectivity index (χ1n) is 8.32. The van der Waals surface area contributed by atoms with E-state index in [2.05, 4.69) is 4.90 Å². The quantitative estimate of drug-likeness (QED) is 0.833. The molecule has 4 nitrogen and oxygen atoms in total. The Balaban J connectivity index is 1.54. The highest BCUT2D eigenvalue weighted by Crippen LogP contribution is 2.35. The largest absolute Gasteiger partial charge is 0.483 e. The smallest absolute Gasteiger partial charge is 0.419 e. The number of hydrogen-bond donors (Lipinski definition) is 0. The van der Waals surface area contributed by atoms with Gasteiger partial charge in [-0.2, -0.15) is 13.2 Å². The number of nitrogens with zero attached hydrogens (tertiary/aromatic N) is 2. The summed E-state index contributed by atoms with van der Waals surface area (Å²) in [6.07, 6.45) is -4.51. The lowest BCUT2D eigenvalue weighted by molar-refractivity contribution is -0.141. The molecule has 0 bridgehead atoms. The number of carbonyl (C=O) groups is 1. The zero-order chi connectivity index (χ0) is 18.6. The SMILES string of the molecule is O=C(COc1ccccc1C(F)(F)F)N1CCN(c2ccccc2)CC1. The number of piperazine rings is 1. The molecule has 0 aliphatic carbocycles. The summed E-state index contributed by atoms with van der Waals surface area (Å²) in [5.74, 6) is -0.633. The van der Waals surface area contributed by atoms with Crippen molar-refractivity contribution in [3.63, 3.8) is 0 Å². The fourth-order valence-corrected chi connectivity index (χ4v) is 2.91. The van der Waals surface area contributed by atoms with E-state index in [4.69, 9.17) is 4.74 Å². The molecule has 1 amide bonds. The van der Waals surface area contributed by atoms with E-state index < -0.39 is 18.3 Å². The van der Waals surface area contributed by atoms with Crippen LogP contribution in [0.25, 0.3) is 0 Å². The summed E-state index contributed by atoms with van der Waals surface area (Å²) in [4.78, 5) is 16.1. The van der Waals surface area contributed by atoms with Crippen LogP contribution < -0.4 is 9.64 Å². The Hall–Kier alpha value is -2.70. The van der Waals surface area contributed by atoms with Gasteiger partial charge < -0.3 is 14.5 Å². The number of ether oxygens (including phenoxy) is 1. The van der Waals surface area contributed by atoms with Crippen molar-refractivity contribution in [2.24, 2.45) is 0 Å². The summed E-state index contributed by atoms with van der Waals surface area (Å²) in [7, 11) is 0. The molecule has 26 heavy (non-hydrogen) atoms. The van der Waals surface area contributed by atoms with E-state index in [1.807, 2.05) is 30.3 Å². The molecule has 0 unspecified atom stereocenters. The van der Waals surface area contributed by atoms with Gasteiger partial charge in [-0.25, -0.2) is 0 Å². The summed E-state index contributed by atoms with van der Waals surface area (Å²) in [5, 5.41) is 0. The van der Waals surface area contributed by atoms with Crippen LogP contribution in [-0.2, 0) is 11.0 Å². The van der Waals surface area contributed by atoms with E-state index in [9.17, 15) is 18.0 Å². The van der Waals surface area contributed by atoms with Gasteiger partial charge in [0, 0.05) is 31.9 Å². The topological polar surface area (TPSA) is 32.8 Å². The van der Waals surface area contributed by atoms with E-state index in [0.29, 0.717) is 26.2 Å². The summed E-state index contributed by atoms with van der Waals surface area (Å²) in [6, 6.07) is 14.8. The lowest BCUT2D eigenvalue weighted by Crippen LogP contribution is -2.50. The van der Waals surface area contributed by atoms with E-state index in [0.717, 1.165) is 11.8 Å². The molecule has 0 saturated carbocycles. The molecule has 2 aromatic carbocycles. The fraction of sp³-hybridized carbons (Fsp3) is 0.316. The highest BCUT2D eigenvalue weighted by atomic mass is 19.4. The summed E-state index contributed by atoms with van der Waals surface area (Å²) in [6.45, 7) is 1.97. The molecule has 0 radical (unpaired) electrons. The monoisotopic (exact) mass is 364 g/mol. The first-order valence-corrected chi connectivity index (χ1v) is 8.32. The number of carbonyl (C=O) groups excluding carboxylic acids is 1. The number of amides is 1. The van der Waals surface area contributed by atoms with Gasteiger partial charge in [0.25, 0.3) is 5.91 Å². The van der Waals surface area contributed by atoms with Gasteiger partial charge in [0.05, 0.1) is 5.56 Å². The van der Waals surface area contributed by atoms with Crippen LogP contribution in [-0.4, -0.2) is 43.6 Å². The molecule has 0 aromatic heterocycles. The van der Waals surface area contributed by atoms with Crippen molar-refractivity contribution in [2.75, 3.05) is 37.7 Å². The minimum absolute atomic E-state index is 0.310. The van der Waals surface area contributed by atoms with Gasteiger partial charge in [-0.05, 0) is 24.3 Å². The predicted molar refractivity (Wildman–Crippen MR) is 92.2 cm³/mol. The molecular weight excluding hydrogens is 345 g/mol. The number of hydrogen-bond acceptors (Lipinski definition) is 3. The van der Waals surface area contributed by atoms with Crippen molar-refractivity contribution >= 4 is 11.6 Å². The summed E-state index contributed by atoms with van der Waals surface area (Å²) in [5.41, 5.74) is 0.219. The second-order valence-corrected chi connectivity index (χ2v) is 5.99. The van der Waals surface area contributed by atoms with E-state index in [1.165, 1.54) is 18.2 Å². The van der Waals surface area contributed by atoms with Crippen LogP contribution >= 0.6 is 0 Å². The number of halogens is 3. The normalized spacial score (nSPS) is 15.0. The van der Waals surface area contributed by atoms with Gasteiger partial charge in [0.15, 0.2) is 6.61 Å². The average molecular weight is 364 g/mol. The standard InChI is InChI=1S/C19H19F3N2O2/c20-19(21,22)16-8-4-5-9-17(16)26-14-18(25)24-12-10-23(11-13-24)15-6-2-1-3-7-15/h1-9H,10-14H2. The third kappa shape index (κ3) is 4.28. The van der Waals surface area contributed by atoms with Crippen molar-refractivity contribution in [3.8, 4) is 5.75 Å². The second-order valence-electron chi connectivity index (χ2n) is 5.99. The Bertz CT molecular complexity index is 742. The van der Waals surface area contributed by atoms with Crippen LogP contribution in [0.3, 0.4) is 0 Å². The fourth-order valence-electron chi connectivity index (χ4n) is 2.91. The minimum atomic E-state index is -4.51. The van der Waals surface area contributed by atoms with Crippen LogP contribution in [0.4, 0.5) is 18.9 Å². The lowest BCUT2D eigenvalue weighted by atomic mass is 10.2. The molecule has 1 heterocycles. The Morgan fingerprint density at radius 2 is 1.54 bits per heavy atom. The van der Waals surface area contributed by atoms with Crippen LogP contribution in [0.2, 0.25) is 0 Å². The molecule has 1 aliphatic rings. The van der Waals surface area contributed by atoms with Gasteiger partial charge in [-0.15, -0.1) is 0 Å². The molecule has 0 spiro atoms. The molecular formula is C19H19F3N2O2. The molecule has 1 fully saturated rings. The molecule has 1 saturated heterocycles. The molecule has 0 N–H and O–H groups in total. The molecule has 2 aromatic rings. The number of anilines is 1. The second kappa shape index (κ2) is 7.68. The first kappa shape index (κ1) is 18.1. The number of rotatable bonds is 4. The van der Waals surface area contributed by atoms with Crippen molar-refractivity contribution in [1.82, 2.24) is 4.90 Å². The Labute approximate surface area is 149 Å². The zero-order valence-corrected chi connectivity index (χ0v) is 14.1. The van der Waals surface area contributed by atoms with Gasteiger partial charge in [-0.3, -0.25) is 4.79 Å². The third-order valence-electron chi connectivity index (χ3n) is 4.30. The molecule has 3 rings (SSSR count). The Morgan fingerprint density at radius 1 is 0.923 bits per heavy atom. The minimum Gasteiger partial charge on any atom is -0.483 e. The lowest BCUT2D eigenvalue weighted by Gasteiger charge is -2.36. The molecule has 138 valence electrons.